The van der Waals surface area contributed by atoms with Crippen molar-refractivity contribution in [3.8, 4) is 5.75 Å². The van der Waals surface area contributed by atoms with Gasteiger partial charge in [-0.05, 0) is 41.5 Å². The average molecular weight is 296 g/mol. The van der Waals surface area contributed by atoms with Gasteiger partial charge in [-0.1, -0.05) is 46.2 Å². The summed E-state index contributed by atoms with van der Waals surface area (Å²) < 4.78 is 5.54. The van der Waals surface area contributed by atoms with Gasteiger partial charge in [0.1, 0.15) is 5.75 Å². The van der Waals surface area contributed by atoms with Gasteiger partial charge in [-0.3, -0.25) is 0 Å². The Hall–Kier alpha value is -0.730. The van der Waals surface area contributed by atoms with Crippen LogP contribution in [0.5, 0.6) is 5.75 Å². The van der Waals surface area contributed by atoms with Gasteiger partial charge in [0.2, 0.25) is 0 Å². The van der Waals surface area contributed by atoms with Crippen LogP contribution >= 0.6 is 11.6 Å². The SMILES string of the molecule is CCNC(c1cc(Cl)ccc1OC)C1C(C)(C)C1(C)C. The Labute approximate surface area is 127 Å². The summed E-state index contributed by atoms with van der Waals surface area (Å²) in [6.45, 7) is 12.5. The summed E-state index contributed by atoms with van der Waals surface area (Å²) in [5.74, 6) is 1.49. The molecule has 0 amide bonds. The summed E-state index contributed by atoms with van der Waals surface area (Å²) in [6, 6.07) is 6.16. The normalized spacial score (nSPS) is 21.6. The Morgan fingerprint density at radius 1 is 1.25 bits per heavy atom. The van der Waals surface area contributed by atoms with Gasteiger partial charge in [-0.15, -0.1) is 0 Å². The van der Waals surface area contributed by atoms with E-state index < -0.39 is 0 Å². The van der Waals surface area contributed by atoms with Crippen molar-refractivity contribution in [3.05, 3.63) is 28.8 Å². The molecule has 0 heterocycles. The zero-order chi connectivity index (χ0) is 15.1. The molecule has 1 aromatic carbocycles. The number of rotatable bonds is 5. The van der Waals surface area contributed by atoms with Crippen LogP contribution in [-0.2, 0) is 0 Å². The van der Waals surface area contributed by atoms with Crippen molar-refractivity contribution in [1.82, 2.24) is 5.32 Å². The summed E-state index contributed by atoms with van der Waals surface area (Å²) in [4.78, 5) is 0. The van der Waals surface area contributed by atoms with Crippen LogP contribution in [-0.4, -0.2) is 13.7 Å². The maximum absolute atomic E-state index is 6.20. The fourth-order valence-corrected chi connectivity index (χ4v) is 3.84. The van der Waals surface area contributed by atoms with Gasteiger partial charge < -0.3 is 10.1 Å². The van der Waals surface area contributed by atoms with Crippen molar-refractivity contribution in [2.45, 2.75) is 40.7 Å². The molecular formula is C17H26ClNO. The lowest BCUT2D eigenvalue weighted by atomic mass is 9.95. The summed E-state index contributed by atoms with van der Waals surface area (Å²) >= 11 is 6.20. The molecule has 112 valence electrons. The lowest BCUT2D eigenvalue weighted by molar-refractivity contribution is 0.374. The maximum atomic E-state index is 6.20. The third kappa shape index (κ3) is 2.33. The zero-order valence-corrected chi connectivity index (χ0v) is 14.1. The standard InChI is InChI=1S/C17H26ClNO/c1-7-19-14(15-16(2,3)17(15,4)5)12-10-11(18)8-9-13(12)20-6/h8-10,14-15,19H,7H2,1-6H3. The smallest absolute Gasteiger partial charge is 0.123 e. The first kappa shape index (κ1) is 15.7. The fraction of sp³-hybridized carbons (Fsp3) is 0.647. The quantitative estimate of drug-likeness (QED) is 0.851. The largest absolute Gasteiger partial charge is 0.496 e. The highest BCUT2D eigenvalue weighted by Gasteiger charge is 2.67. The molecule has 2 rings (SSSR count). The van der Waals surface area contributed by atoms with Crippen molar-refractivity contribution in [3.63, 3.8) is 0 Å². The number of methoxy groups -OCH3 is 1. The zero-order valence-electron chi connectivity index (χ0n) is 13.4. The van der Waals surface area contributed by atoms with E-state index >= 15 is 0 Å². The van der Waals surface area contributed by atoms with Gasteiger partial charge in [0, 0.05) is 16.6 Å². The molecule has 0 radical (unpaired) electrons. The Bertz CT molecular complexity index is 482. The second kappa shape index (κ2) is 5.23. The predicted octanol–water partition coefficient (Wildman–Crippen LogP) is 4.68. The molecular weight excluding hydrogens is 270 g/mol. The first-order valence-electron chi connectivity index (χ1n) is 7.34. The molecule has 1 saturated carbocycles. The van der Waals surface area contributed by atoms with Crippen molar-refractivity contribution in [2.75, 3.05) is 13.7 Å². The number of benzene rings is 1. The molecule has 0 spiro atoms. The van der Waals surface area contributed by atoms with E-state index in [0.717, 1.165) is 17.3 Å². The second-order valence-electron chi connectivity index (χ2n) is 6.84. The lowest BCUT2D eigenvalue weighted by Gasteiger charge is -2.23. The van der Waals surface area contributed by atoms with Crippen LogP contribution < -0.4 is 10.1 Å². The summed E-state index contributed by atoms with van der Waals surface area (Å²) in [5.41, 5.74) is 1.80. The lowest BCUT2D eigenvalue weighted by Crippen LogP contribution is -2.25. The van der Waals surface area contributed by atoms with E-state index in [9.17, 15) is 0 Å². The minimum Gasteiger partial charge on any atom is -0.496 e. The molecule has 20 heavy (non-hydrogen) atoms. The molecule has 1 atom stereocenters. The van der Waals surface area contributed by atoms with E-state index in [0.29, 0.717) is 16.7 Å². The molecule has 1 fully saturated rings. The first-order valence-corrected chi connectivity index (χ1v) is 7.72. The minimum absolute atomic E-state index is 0.277. The number of halogens is 1. The Kier molecular flexibility index (Phi) is 4.10. The summed E-state index contributed by atoms with van der Waals surface area (Å²) in [6.07, 6.45) is 0. The molecule has 0 bridgehead atoms. The van der Waals surface area contributed by atoms with Crippen LogP contribution in [0, 0.1) is 16.7 Å². The van der Waals surface area contributed by atoms with E-state index in [1.807, 2.05) is 18.2 Å². The molecule has 1 aromatic rings. The summed E-state index contributed by atoms with van der Waals surface area (Å²) in [5, 5.41) is 4.40. The summed E-state index contributed by atoms with van der Waals surface area (Å²) in [7, 11) is 1.72. The van der Waals surface area contributed by atoms with E-state index in [4.69, 9.17) is 16.3 Å². The Morgan fingerprint density at radius 2 is 1.85 bits per heavy atom. The van der Waals surface area contributed by atoms with E-state index in [-0.39, 0.29) is 6.04 Å². The van der Waals surface area contributed by atoms with Crippen LogP contribution in [0.2, 0.25) is 5.02 Å². The van der Waals surface area contributed by atoms with Gasteiger partial charge in [0.15, 0.2) is 0 Å². The highest BCUT2D eigenvalue weighted by molar-refractivity contribution is 6.30. The third-order valence-electron chi connectivity index (χ3n) is 5.42. The monoisotopic (exact) mass is 295 g/mol. The Balaban J connectivity index is 2.43. The van der Waals surface area contributed by atoms with Crippen LogP contribution in [0.15, 0.2) is 18.2 Å². The molecule has 1 aliphatic rings. The minimum atomic E-state index is 0.277. The number of hydrogen-bond acceptors (Lipinski definition) is 2. The van der Waals surface area contributed by atoms with Gasteiger partial charge in [0.05, 0.1) is 7.11 Å². The van der Waals surface area contributed by atoms with Crippen molar-refractivity contribution in [1.29, 1.82) is 0 Å². The molecule has 3 heteroatoms. The molecule has 1 unspecified atom stereocenters. The van der Waals surface area contributed by atoms with Gasteiger partial charge in [-0.25, -0.2) is 0 Å². The second-order valence-corrected chi connectivity index (χ2v) is 7.28. The molecule has 1 N–H and O–H groups in total. The molecule has 0 saturated heterocycles. The van der Waals surface area contributed by atoms with E-state index in [2.05, 4.69) is 39.9 Å². The topological polar surface area (TPSA) is 21.3 Å². The fourth-order valence-electron chi connectivity index (χ4n) is 3.66. The molecule has 0 aromatic heterocycles. The van der Waals surface area contributed by atoms with Crippen LogP contribution in [0.25, 0.3) is 0 Å². The number of nitrogens with one attached hydrogen (secondary N) is 1. The molecule has 0 aliphatic heterocycles. The van der Waals surface area contributed by atoms with Gasteiger partial charge in [0.25, 0.3) is 0 Å². The number of hydrogen-bond donors (Lipinski definition) is 1. The number of ether oxygens (including phenoxy) is 1. The third-order valence-corrected chi connectivity index (χ3v) is 5.65. The first-order chi connectivity index (χ1) is 9.27. The van der Waals surface area contributed by atoms with Crippen LogP contribution in [0.3, 0.4) is 0 Å². The average Bonchev–Trinajstić information content (AvgIpc) is 2.77. The highest BCUT2D eigenvalue weighted by Crippen LogP contribution is 2.72. The van der Waals surface area contributed by atoms with E-state index in [1.54, 1.807) is 7.11 Å². The maximum Gasteiger partial charge on any atom is 0.123 e. The predicted molar refractivity (Wildman–Crippen MR) is 85.5 cm³/mol. The molecule has 1 aliphatic carbocycles. The van der Waals surface area contributed by atoms with Crippen molar-refractivity contribution >= 4 is 11.6 Å². The Morgan fingerprint density at radius 3 is 2.30 bits per heavy atom. The van der Waals surface area contributed by atoms with E-state index in [1.165, 1.54) is 5.56 Å². The van der Waals surface area contributed by atoms with Gasteiger partial charge >= 0.3 is 0 Å². The van der Waals surface area contributed by atoms with Crippen molar-refractivity contribution in [2.24, 2.45) is 16.7 Å². The highest BCUT2D eigenvalue weighted by atomic mass is 35.5. The van der Waals surface area contributed by atoms with Crippen LogP contribution in [0.4, 0.5) is 0 Å². The van der Waals surface area contributed by atoms with Crippen LogP contribution in [0.1, 0.15) is 46.2 Å². The van der Waals surface area contributed by atoms with Crippen molar-refractivity contribution < 1.29 is 4.74 Å². The molecule has 2 nitrogen and oxygen atoms in total. The van der Waals surface area contributed by atoms with Gasteiger partial charge in [-0.2, -0.15) is 0 Å².